The fourth-order valence-electron chi connectivity index (χ4n) is 5.25. The lowest BCUT2D eigenvalue weighted by molar-refractivity contribution is -0.133. The van der Waals surface area contributed by atoms with E-state index < -0.39 is 29.0 Å². The summed E-state index contributed by atoms with van der Waals surface area (Å²) in [6.07, 6.45) is 5.16. The van der Waals surface area contributed by atoms with Gasteiger partial charge >= 0.3 is 11.7 Å². The summed E-state index contributed by atoms with van der Waals surface area (Å²) in [5, 5.41) is 3.03. The van der Waals surface area contributed by atoms with Crippen LogP contribution in [0.25, 0.3) is 17.0 Å². The van der Waals surface area contributed by atoms with Gasteiger partial charge < -0.3 is 9.32 Å². The second-order valence-corrected chi connectivity index (χ2v) is 9.99. The second kappa shape index (κ2) is 7.30. The summed E-state index contributed by atoms with van der Waals surface area (Å²) in [6.45, 7) is 8.94. The van der Waals surface area contributed by atoms with Crippen LogP contribution in [0.15, 0.2) is 20.9 Å². The zero-order chi connectivity index (χ0) is 23.7. The predicted octanol–water partition coefficient (Wildman–Crippen LogP) is 3.06. The average Bonchev–Trinajstić information content (AvgIpc) is 2.73. The number of hydrogen-bond acceptors (Lipinski definition) is 6. The standard InChI is InChI=1S/C25H27N3O5/c1-13-16-11-14-7-5-9-27-10-6-8-15(19(14)27)20(16)33-23(31)17(13)12-18-21(29)26-24(32)28(22(18)30)25(2,3)4/h11-12H,5-10H2,1-4H3,(H,26,29,32)/b18-12+. The summed E-state index contributed by atoms with van der Waals surface area (Å²) in [5.74, 6) is -1.55. The van der Waals surface area contributed by atoms with Crippen molar-refractivity contribution in [2.75, 3.05) is 18.0 Å². The third kappa shape index (κ3) is 3.27. The summed E-state index contributed by atoms with van der Waals surface area (Å²) in [4.78, 5) is 54.3. The number of benzene rings is 1. The lowest BCUT2D eigenvalue weighted by Gasteiger charge is -2.37. The van der Waals surface area contributed by atoms with Gasteiger partial charge in [0, 0.05) is 35.3 Å². The van der Waals surface area contributed by atoms with E-state index in [9.17, 15) is 19.2 Å². The fourth-order valence-corrected chi connectivity index (χ4v) is 5.25. The minimum absolute atomic E-state index is 0.153. The van der Waals surface area contributed by atoms with E-state index in [0.29, 0.717) is 11.1 Å². The van der Waals surface area contributed by atoms with E-state index in [0.717, 1.165) is 54.6 Å². The summed E-state index contributed by atoms with van der Waals surface area (Å²) >= 11 is 0. The van der Waals surface area contributed by atoms with Gasteiger partial charge in [0.25, 0.3) is 11.8 Å². The molecule has 0 aliphatic carbocycles. The highest BCUT2D eigenvalue weighted by molar-refractivity contribution is 6.31. The van der Waals surface area contributed by atoms with Crippen molar-refractivity contribution in [3.8, 4) is 0 Å². The SMILES string of the molecule is Cc1c(/C=C2\C(=O)NC(=O)N(C(C)(C)C)C2=O)c(=O)oc2c3c4c(cc12)CCCN4CCC3. The van der Waals surface area contributed by atoms with Crippen molar-refractivity contribution >= 4 is 40.6 Å². The van der Waals surface area contributed by atoms with Gasteiger partial charge in [0.1, 0.15) is 11.2 Å². The maximum atomic E-state index is 13.1. The van der Waals surface area contributed by atoms with Gasteiger partial charge in [0.15, 0.2) is 0 Å². The molecule has 1 saturated heterocycles. The minimum atomic E-state index is -0.836. The molecular formula is C25H27N3O5. The van der Waals surface area contributed by atoms with Crippen LogP contribution in [-0.2, 0) is 22.4 Å². The number of hydrogen-bond donors (Lipinski definition) is 1. The zero-order valence-corrected chi connectivity index (χ0v) is 19.3. The van der Waals surface area contributed by atoms with Gasteiger partial charge in [-0.2, -0.15) is 0 Å². The molecule has 1 aromatic carbocycles. The van der Waals surface area contributed by atoms with Gasteiger partial charge in [-0.15, -0.1) is 0 Å². The number of rotatable bonds is 1. The zero-order valence-electron chi connectivity index (χ0n) is 19.3. The van der Waals surface area contributed by atoms with Gasteiger partial charge in [-0.3, -0.25) is 19.8 Å². The maximum absolute atomic E-state index is 13.1. The fraction of sp³-hybridized carbons (Fsp3) is 0.440. The molecule has 1 N–H and O–H groups in total. The van der Waals surface area contributed by atoms with E-state index in [1.54, 1.807) is 20.8 Å². The molecule has 1 aromatic heterocycles. The molecule has 0 radical (unpaired) electrons. The largest absolute Gasteiger partial charge is 0.422 e. The van der Waals surface area contributed by atoms with Crippen molar-refractivity contribution in [1.82, 2.24) is 10.2 Å². The summed E-state index contributed by atoms with van der Waals surface area (Å²) in [6, 6.07) is 1.31. The normalized spacial score (nSPS) is 19.9. The minimum Gasteiger partial charge on any atom is -0.422 e. The number of barbiturate groups is 1. The molecule has 5 rings (SSSR count). The predicted molar refractivity (Wildman–Crippen MR) is 124 cm³/mol. The molecule has 0 bridgehead atoms. The number of nitrogens with one attached hydrogen (secondary N) is 1. The lowest BCUT2D eigenvalue weighted by atomic mass is 9.88. The van der Waals surface area contributed by atoms with E-state index in [1.165, 1.54) is 17.3 Å². The number of carbonyl (C=O) groups is 3. The molecule has 2 aromatic rings. The second-order valence-electron chi connectivity index (χ2n) is 9.99. The van der Waals surface area contributed by atoms with Crippen molar-refractivity contribution < 1.29 is 18.8 Å². The topological polar surface area (TPSA) is 99.9 Å². The number of carbonyl (C=O) groups excluding carboxylic acids is 3. The molecule has 4 heterocycles. The van der Waals surface area contributed by atoms with Crippen molar-refractivity contribution in [3.63, 3.8) is 0 Å². The van der Waals surface area contributed by atoms with Crippen LogP contribution >= 0.6 is 0 Å². The van der Waals surface area contributed by atoms with Crippen molar-refractivity contribution in [2.24, 2.45) is 0 Å². The molecule has 0 saturated carbocycles. The van der Waals surface area contributed by atoms with Crippen LogP contribution in [0.4, 0.5) is 10.5 Å². The highest BCUT2D eigenvalue weighted by Gasteiger charge is 2.42. The Hall–Kier alpha value is -3.42. The smallest absolute Gasteiger partial charge is 0.343 e. The Kier molecular flexibility index (Phi) is 4.74. The molecule has 8 heteroatoms. The van der Waals surface area contributed by atoms with E-state index in [2.05, 4.69) is 16.3 Å². The lowest BCUT2D eigenvalue weighted by Crippen LogP contribution is -2.60. The third-order valence-corrected chi connectivity index (χ3v) is 6.76. The number of anilines is 1. The Morgan fingerprint density at radius 1 is 1.06 bits per heavy atom. The Morgan fingerprint density at radius 2 is 1.76 bits per heavy atom. The summed E-state index contributed by atoms with van der Waals surface area (Å²) in [7, 11) is 0. The van der Waals surface area contributed by atoms with Gasteiger partial charge in [-0.05, 0) is 76.6 Å². The average molecular weight is 450 g/mol. The first-order chi connectivity index (χ1) is 15.6. The monoisotopic (exact) mass is 449 g/mol. The number of nitrogens with zero attached hydrogens (tertiary/aromatic N) is 2. The molecule has 0 unspecified atom stereocenters. The molecule has 4 amide bonds. The van der Waals surface area contributed by atoms with Crippen LogP contribution in [0, 0.1) is 6.92 Å². The summed E-state index contributed by atoms with van der Waals surface area (Å²) < 4.78 is 5.82. The summed E-state index contributed by atoms with van der Waals surface area (Å²) in [5.41, 5.74) is 3.23. The van der Waals surface area contributed by atoms with E-state index >= 15 is 0 Å². The Labute approximate surface area is 191 Å². The number of amides is 4. The first-order valence-electron chi connectivity index (χ1n) is 11.4. The quantitative estimate of drug-likeness (QED) is 0.408. The van der Waals surface area contributed by atoms with Crippen molar-refractivity contribution in [3.05, 3.63) is 44.3 Å². The van der Waals surface area contributed by atoms with Gasteiger partial charge in [0.2, 0.25) is 0 Å². The Balaban J connectivity index is 1.70. The van der Waals surface area contributed by atoms with Crippen LogP contribution in [0.5, 0.6) is 0 Å². The Morgan fingerprint density at radius 3 is 2.45 bits per heavy atom. The maximum Gasteiger partial charge on any atom is 0.343 e. The van der Waals surface area contributed by atoms with Gasteiger partial charge in [-0.1, -0.05) is 0 Å². The van der Waals surface area contributed by atoms with E-state index in [-0.39, 0.29) is 11.1 Å². The highest BCUT2D eigenvalue weighted by atomic mass is 16.4. The van der Waals surface area contributed by atoms with Crippen LogP contribution in [-0.4, -0.2) is 41.4 Å². The molecule has 8 nitrogen and oxygen atoms in total. The molecular weight excluding hydrogens is 422 g/mol. The number of fused-ring (bicyclic) bond motifs is 2. The molecule has 33 heavy (non-hydrogen) atoms. The molecule has 172 valence electrons. The van der Waals surface area contributed by atoms with Gasteiger partial charge in [-0.25, -0.2) is 9.59 Å². The highest BCUT2D eigenvalue weighted by Crippen LogP contribution is 2.40. The van der Waals surface area contributed by atoms with Crippen molar-refractivity contribution in [2.45, 2.75) is 58.9 Å². The van der Waals surface area contributed by atoms with Crippen molar-refractivity contribution in [1.29, 1.82) is 0 Å². The molecule has 3 aliphatic rings. The number of imide groups is 2. The molecule has 3 aliphatic heterocycles. The molecule has 0 atom stereocenters. The molecule has 0 spiro atoms. The van der Waals surface area contributed by atoms with Crippen LogP contribution < -0.4 is 15.8 Å². The van der Waals surface area contributed by atoms with Crippen LogP contribution in [0.1, 0.15) is 55.9 Å². The molecule has 1 fully saturated rings. The Bertz CT molecular complexity index is 1330. The third-order valence-electron chi connectivity index (χ3n) is 6.76. The first-order valence-corrected chi connectivity index (χ1v) is 11.4. The number of urea groups is 1. The van der Waals surface area contributed by atoms with Crippen LogP contribution in [0.2, 0.25) is 0 Å². The van der Waals surface area contributed by atoms with Crippen LogP contribution in [0.3, 0.4) is 0 Å². The first kappa shape index (κ1) is 21.4. The van der Waals surface area contributed by atoms with E-state index in [1.807, 2.05) is 6.92 Å². The number of aryl methyl sites for hydroxylation is 3. The van der Waals surface area contributed by atoms with Gasteiger partial charge in [0.05, 0.1) is 5.56 Å². The van der Waals surface area contributed by atoms with E-state index in [4.69, 9.17) is 4.42 Å².